The largest absolute Gasteiger partial charge is 0.481 e. The molecule has 26 heavy (non-hydrogen) atoms. The third-order valence-corrected chi connectivity index (χ3v) is 4.46. The third-order valence-electron chi connectivity index (χ3n) is 4.46. The van der Waals surface area contributed by atoms with Gasteiger partial charge in [-0.25, -0.2) is 9.37 Å². The third kappa shape index (κ3) is 4.36. The Balaban J connectivity index is 1.66. The first-order valence-corrected chi connectivity index (χ1v) is 8.45. The van der Waals surface area contributed by atoms with Gasteiger partial charge in [0.2, 0.25) is 5.88 Å². The van der Waals surface area contributed by atoms with Crippen LogP contribution in [0.2, 0.25) is 0 Å². The van der Waals surface area contributed by atoms with Crippen LogP contribution in [0.25, 0.3) is 0 Å². The minimum absolute atomic E-state index is 0.0722. The standard InChI is InChI=1S/C19H19FN2O4/c20-13-5-9-15(10-6-13)26-18-16(2-1-11-21-18)17(23)22-14-7-3-12(4-8-14)19(24)25/h1-2,5-6,9-12,14H,3-4,7-8H2,(H,22,23)(H,24,25). The minimum Gasteiger partial charge on any atom is -0.481 e. The van der Waals surface area contributed by atoms with Gasteiger partial charge in [0.15, 0.2) is 0 Å². The van der Waals surface area contributed by atoms with Crippen molar-refractivity contribution in [3.05, 3.63) is 54.0 Å². The maximum absolute atomic E-state index is 13.0. The Morgan fingerprint density at radius 3 is 2.46 bits per heavy atom. The van der Waals surface area contributed by atoms with Crippen molar-refractivity contribution < 1.29 is 23.8 Å². The zero-order valence-electron chi connectivity index (χ0n) is 14.0. The van der Waals surface area contributed by atoms with E-state index in [9.17, 15) is 14.0 Å². The molecule has 0 saturated heterocycles. The number of hydrogen-bond acceptors (Lipinski definition) is 4. The summed E-state index contributed by atoms with van der Waals surface area (Å²) in [5, 5.41) is 12.0. The topological polar surface area (TPSA) is 88.5 Å². The molecule has 0 spiro atoms. The van der Waals surface area contributed by atoms with Gasteiger partial charge in [-0.2, -0.15) is 0 Å². The average molecular weight is 358 g/mol. The number of rotatable bonds is 5. The van der Waals surface area contributed by atoms with Crippen LogP contribution in [0.4, 0.5) is 4.39 Å². The van der Waals surface area contributed by atoms with E-state index in [0.717, 1.165) is 0 Å². The first-order valence-electron chi connectivity index (χ1n) is 8.45. The van der Waals surface area contributed by atoms with Gasteiger partial charge in [0.05, 0.1) is 5.92 Å². The highest BCUT2D eigenvalue weighted by Gasteiger charge is 2.27. The van der Waals surface area contributed by atoms with Crippen LogP contribution >= 0.6 is 0 Å². The molecular weight excluding hydrogens is 339 g/mol. The van der Waals surface area contributed by atoms with E-state index in [2.05, 4.69) is 10.3 Å². The van der Waals surface area contributed by atoms with E-state index in [1.165, 1.54) is 30.5 Å². The molecule has 3 rings (SSSR count). The second kappa shape index (κ2) is 7.95. The summed E-state index contributed by atoms with van der Waals surface area (Å²) in [5.74, 6) is -1.31. The van der Waals surface area contributed by atoms with Crippen molar-refractivity contribution >= 4 is 11.9 Å². The monoisotopic (exact) mass is 358 g/mol. The molecule has 1 heterocycles. The lowest BCUT2D eigenvalue weighted by Crippen LogP contribution is -2.38. The Morgan fingerprint density at radius 2 is 1.81 bits per heavy atom. The summed E-state index contributed by atoms with van der Waals surface area (Å²) in [6, 6.07) is 8.60. The second-order valence-electron chi connectivity index (χ2n) is 6.27. The fourth-order valence-corrected chi connectivity index (χ4v) is 3.01. The van der Waals surface area contributed by atoms with Crippen molar-refractivity contribution in [2.45, 2.75) is 31.7 Å². The molecule has 2 N–H and O–H groups in total. The number of nitrogens with one attached hydrogen (secondary N) is 1. The maximum Gasteiger partial charge on any atom is 0.306 e. The van der Waals surface area contributed by atoms with E-state index in [0.29, 0.717) is 31.4 Å². The fourth-order valence-electron chi connectivity index (χ4n) is 3.01. The number of aliphatic carboxylic acids is 1. The Kier molecular flexibility index (Phi) is 5.46. The highest BCUT2D eigenvalue weighted by atomic mass is 19.1. The predicted octanol–water partition coefficient (Wildman–Crippen LogP) is 3.39. The lowest BCUT2D eigenvalue weighted by Gasteiger charge is -2.27. The van der Waals surface area contributed by atoms with Gasteiger partial charge in [0.1, 0.15) is 17.1 Å². The van der Waals surface area contributed by atoms with Gasteiger partial charge < -0.3 is 15.2 Å². The molecule has 6 nitrogen and oxygen atoms in total. The number of carbonyl (C=O) groups is 2. The Morgan fingerprint density at radius 1 is 1.12 bits per heavy atom. The Bertz CT molecular complexity index is 786. The summed E-state index contributed by atoms with van der Waals surface area (Å²) in [7, 11) is 0. The summed E-state index contributed by atoms with van der Waals surface area (Å²) >= 11 is 0. The molecule has 7 heteroatoms. The maximum atomic E-state index is 13.0. The van der Waals surface area contributed by atoms with Crippen LogP contribution in [-0.2, 0) is 4.79 Å². The van der Waals surface area contributed by atoms with Gasteiger partial charge in [-0.3, -0.25) is 9.59 Å². The van der Waals surface area contributed by atoms with Crippen molar-refractivity contribution in [3.63, 3.8) is 0 Å². The van der Waals surface area contributed by atoms with Crippen LogP contribution < -0.4 is 10.1 Å². The summed E-state index contributed by atoms with van der Waals surface area (Å²) in [6.07, 6.45) is 3.85. The molecule has 2 aromatic rings. The molecule has 1 aliphatic rings. The molecule has 0 radical (unpaired) electrons. The fraction of sp³-hybridized carbons (Fsp3) is 0.316. The van der Waals surface area contributed by atoms with Gasteiger partial charge in [-0.15, -0.1) is 0 Å². The van der Waals surface area contributed by atoms with Crippen LogP contribution in [0.3, 0.4) is 0 Å². The van der Waals surface area contributed by atoms with Crippen LogP contribution in [0.1, 0.15) is 36.0 Å². The molecular formula is C19H19FN2O4. The van der Waals surface area contributed by atoms with Gasteiger partial charge >= 0.3 is 5.97 Å². The van der Waals surface area contributed by atoms with E-state index >= 15 is 0 Å². The van der Waals surface area contributed by atoms with Crippen molar-refractivity contribution in [1.82, 2.24) is 10.3 Å². The van der Waals surface area contributed by atoms with Gasteiger partial charge in [-0.05, 0) is 62.1 Å². The number of carboxylic acid groups (broad SMARTS) is 1. The van der Waals surface area contributed by atoms with E-state index in [1.807, 2.05) is 0 Å². The summed E-state index contributed by atoms with van der Waals surface area (Å²) < 4.78 is 18.6. The second-order valence-corrected chi connectivity index (χ2v) is 6.27. The SMILES string of the molecule is O=C(NC1CCC(C(=O)O)CC1)c1cccnc1Oc1ccc(F)cc1. The van der Waals surface area contributed by atoms with Crippen molar-refractivity contribution in [2.24, 2.45) is 5.92 Å². The molecule has 1 aliphatic carbocycles. The minimum atomic E-state index is -0.781. The zero-order valence-corrected chi connectivity index (χ0v) is 14.0. The molecule has 1 aromatic carbocycles. The number of amides is 1. The number of aromatic nitrogens is 1. The van der Waals surface area contributed by atoms with E-state index in [-0.39, 0.29) is 35.1 Å². The first kappa shape index (κ1) is 17.8. The number of hydrogen-bond donors (Lipinski definition) is 2. The molecule has 1 fully saturated rings. The number of nitrogens with zero attached hydrogens (tertiary/aromatic N) is 1. The summed E-state index contributed by atoms with van der Waals surface area (Å²) in [5.41, 5.74) is 0.275. The van der Waals surface area contributed by atoms with Crippen molar-refractivity contribution in [1.29, 1.82) is 0 Å². The van der Waals surface area contributed by atoms with Gasteiger partial charge in [0.25, 0.3) is 5.91 Å². The Hall–Kier alpha value is -2.96. The number of carboxylic acids is 1. The molecule has 0 bridgehead atoms. The Labute approximate surface area is 150 Å². The summed E-state index contributed by atoms with van der Waals surface area (Å²) in [4.78, 5) is 27.7. The van der Waals surface area contributed by atoms with E-state index in [4.69, 9.17) is 9.84 Å². The molecule has 1 amide bonds. The van der Waals surface area contributed by atoms with Crippen molar-refractivity contribution in [2.75, 3.05) is 0 Å². The first-order chi connectivity index (χ1) is 12.5. The number of halogens is 1. The van der Waals surface area contributed by atoms with E-state index in [1.54, 1.807) is 12.1 Å². The molecule has 136 valence electrons. The number of pyridine rings is 1. The molecule has 1 saturated carbocycles. The van der Waals surface area contributed by atoms with Crippen LogP contribution in [0, 0.1) is 11.7 Å². The number of benzene rings is 1. The van der Waals surface area contributed by atoms with E-state index < -0.39 is 5.97 Å². The smallest absolute Gasteiger partial charge is 0.306 e. The molecule has 0 unspecified atom stereocenters. The highest BCUT2D eigenvalue weighted by molar-refractivity contribution is 5.96. The van der Waals surface area contributed by atoms with Crippen molar-refractivity contribution in [3.8, 4) is 11.6 Å². The molecule has 1 aromatic heterocycles. The van der Waals surface area contributed by atoms with Crippen LogP contribution in [-0.4, -0.2) is 28.0 Å². The highest BCUT2D eigenvalue weighted by Crippen LogP contribution is 2.26. The number of ether oxygens (including phenoxy) is 1. The quantitative estimate of drug-likeness (QED) is 0.855. The van der Waals surface area contributed by atoms with Crippen LogP contribution in [0.15, 0.2) is 42.6 Å². The lowest BCUT2D eigenvalue weighted by molar-refractivity contribution is -0.142. The normalized spacial score (nSPS) is 19.6. The zero-order chi connectivity index (χ0) is 18.5. The van der Waals surface area contributed by atoms with Gasteiger partial charge in [-0.1, -0.05) is 0 Å². The number of carbonyl (C=O) groups excluding carboxylic acids is 1. The molecule has 0 aliphatic heterocycles. The van der Waals surface area contributed by atoms with Crippen LogP contribution in [0.5, 0.6) is 11.6 Å². The summed E-state index contributed by atoms with van der Waals surface area (Å²) in [6.45, 7) is 0. The average Bonchev–Trinajstić information content (AvgIpc) is 2.64. The lowest BCUT2D eigenvalue weighted by atomic mass is 9.86. The predicted molar refractivity (Wildman–Crippen MR) is 91.6 cm³/mol. The molecule has 0 atom stereocenters. The van der Waals surface area contributed by atoms with Gasteiger partial charge in [0, 0.05) is 12.2 Å².